The van der Waals surface area contributed by atoms with Crippen LogP contribution in [0.15, 0.2) is 24.3 Å². The molecule has 0 aliphatic carbocycles. The number of hydrogen-bond acceptors (Lipinski definition) is 2. The molecule has 0 atom stereocenters. The molecule has 0 saturated heterocycles. The zero-order valence-electron chi connectivity index (χ0n) is 8.63. The van der Waals surface area contributed by atoms with E-state index in [2.05, 4.69) is 17.6 Å². The Balaban J connectivity index is 2.63. The van der Waals surface area contributed by atoms with Crippen LogP contribution < -0.4 is 10.6 Å². The maximum absolute atomic E-state index is 10.8. The van der Waals surface area contributed by atoms with E-state index in [9.17, 15) is 4.79 Å². The molecule has 2 N–H and O–H groups in total. The minimum absolute atomic E-state index is 0.0365. The van der Waals surface area contributed by atoms with Crippen molar-refractivity contribution in [2.75, 3.05) is 11.9 Å². The number of hydrogen-bond donors (Lipinski definition) is 2. The third kappa shape index (κ3) is 3.58. The van der Waals surface area contributed by atoms with Gasteiger partial charge >= 0.3 is 0 Å². The number of nitrogens with one attached hydrogen (secondary N) is 2. The Morgan fingerprint density at radius 1 is 1.43 bits per heavy atom. The smallest absolute Gasteiger partial charge is 0.221 e. The quantitative estimate of drug-likeness (QED) is 0.763. The topological polar surface area (TPSA) is 41.1 Å². The Bertz CT molecular complexity index is 310. The van der Waals surface area contributed by atoms with Gasteiger partial charge in [0.15, 0.2) is 0 Å². The van der Waals surface area contributed by atoms with Crippen LogP contribution in [0.2, 0.25) is 0 Å². The van der Waals surface area contributed by atoms with Gasteiger partial charge in [-0.3, -0.25) is 4.79 Å². The monoisotopic (exact) mass is 192 g/mol. The van der Waals surface area contributed by atoms with Gasteiger partial charge in [0, 0.05) is 19.2 Å². The Hall–Kier alpha value is -1.35. The van der Waals surface area contributed by atoms with Crippen LogP contribution >= 0.6 is 0 Å². The van der Waals surface area contributed by atoms with Crippen molar-refractivity contribution in [3.05, 3.63) is 29.8 Å². The first-order valence-electron chi connectivity index (χ1n) is 4.79. The first-order chi connectivity index (χ1) is 6.72. The fraction of sp³-hybridized carbons (Fsp3) is 0.364. The second kappa shape index (κ2) is 5.40. The summed E-state index contributed by atoms with van der Waals surface area (Å²) in [4.78, 5) is 10.8. The highest BCUT2D eigenvalue weighted by Crippen LogP contribution is 2.10. The van der Waals surface area contributed by atoms with Gasteiger partial charge in [-0.25, -0.2) is 0 Å². The molecule has 0 radical (unpaired) electrons. The Labute approximate surface area is 84.5 Å². The number of carbonyl (C=O) groups is 1. The van der Waals surface area contributed by atoms with Gasteiger partial charge in [-0.05, 0) is 24.2 Å². The molecule has 0 unspecified atom stereocenters. The zero-order chi connectivity index (χ0) is 10.4. The molecule has 1 rings (SSSR count). The van der Waals surface area contributed by atoms with Crippen molar-refractivity contribution in [2.24, 2.45) is 0 Å². The predicted molar refractivity (Wildman–Crippen MR) is 58.1 cm³/mol. The number of amides is 1. The average molecular weight is 192 g/mol. The number of rotatable bonds is 4. The molecule has 1 aromatic carbocycles. The highest BCUT2D eigenvalue weighted by Gasteiger charge is 1.96. The van der Waals surface area contributed by atoms with Crippen molar-refractivity contribution in [1.29, 1.82) is 0 Å². The van der Waals surface area contributed by atoms with Crippen LogP contribution in [0, 0.1) is 0 Å². The lowest BCUT2D eigenvalue weighted by molar-refractivity contribution is -0.114. The normalized spacial score (nSPS) is 9.86. The number of anilines is 1. The van der Waals surface area contributed by atoms with Crippen LogP contribution in [0.5, 0.6) is 0 Å². The van der Waals surface area contributed by atoms with Crippen LogP contribution in [0.1, 0.15) is 19.4 Å². The predicted octanol–water partition coefficient (Wildman–Crippen LogP) is 1.75. The molecular weight excluding hydrogens is 176 g/mol. The lowest BCUT2D eigenvalue weighted by Gasteiger charge is -2.05. The maximum Gasteiger partial charge on any atom is 0.221 e. The largest absolute Gasteiger partial charge is 0.326 e. The van der Waals surface area contributed by atoms with Gasteiger partial charge in [0.25, 0.3) is 0 Å². The summed E-state index contributed by atoms with van der Waals surface area (Å²) >= 11 is 0. The summed E-state index contributed by atoms with van der Waals surface area (Å²) in [6, 6.07) is 7.84. The molecular formula is C11H16N2O. The van der Waals surface area contributed by atoms with Gasteiger partial charge in [0.05, 0.1) is 0 Å². The standard InChI is InChI=1S/C11H16N2O/c1-3-12-8-10-5-4-6-11(7-10)13-9(2)14/h4-7,12H,3,8H2,1-2H3,(H,13,14). The van der Waals surface area contributed by atoms with Crippen molar-refractivity contribution >= 4 is 11.6 Å². The van der Waals surface area contributed by atoms with Crippen LogP contribution in [0.3, 0.4) is 0 Å². The van der Waals surface area contributed by atoms with Gasteiger partial charge < -0.3 is 10.6 Å². The third-order valence-electron chi connectivity index (χ3n) is 1.83. The molecule has 14 heavy (non-hydrogen) atoms. The molecule has 3 heteroatoms. The summed E-state index contributed by atoms with van der Waals surface area (Å²) in [5.41, 5.74) is 2.03. The summed E-state index contributed by atoms with van der Waals surface area (Å²) in [6.07, 6.45) is 0. The van der Waals surface area contributed by atoms with E-state index < -0.39 is 0 Å². The molecule has 3 nitrogen and oxygen atoms in total. The van der Waals surface area contributed by atoms with E-state index in [-0.39, 0.29) is 5.91 Å². The second-order valence-corrected chi connectivity index (χ2v) is 3.16. The van der Waals surface area contributed by atoms with E-state index in [1.807, 2.05) is 24.3 Å². The molecule has 0 fully saturated rings. The second-order valence-electron chi connectivity index (χ2n) is 3.16. The summed E-state index contributed by atoms with van der Waals surface area (Å²) in [5, 5.41) is 5.99. The first-order valence-corrected chi connectivity index (χ1v) is 4.79. The Morgan fingerprint density at radius 2 is 2.21 bits per heavy atom. The third-order valence-corrected chi connectivity index (χ3v) is 1.83. The fourth-order valence-electron chi connectivity index (χ4n) is 1.23. The summed E-state index contributed by atoms with van der Waals surface area (Å²) in [6.45, 7) is 5.36. The summed E-state index contributed by atoms with van der Waals surface area (Å²) < 4.78 is 0. The van der Waals surface area contributed by atoms with Crippen LogP contribution in [-0.2, 0) is 11.3 Å². The van der Waals surface area contributed by atoms with Gasteiger partial charge in [-0.15, -0.1) is 0 Å². The fourth-order valence-corrected chi connectivity index (χ4v) is 1.23. The molecule has 0 bridgehead atoms. The van der Waals surface area contributed by atoms with Crippen molar-refractivity contribution in [2.45, 2.75) is 20.4 Å². The molecule has 0 aliphatic rings. The average Bonchev–Trinajstić information content (AvgIpc) is 2.14. The van der Waals surface area contributed by atoms with Crippen LogP contribution in [0.4, 0.5) is 5.69 Å². The number of carbonyl (C=O) groups excluding carboxylic acids is 1. The van der Waals surface area contributed by atoms with Crippen molar-refractivity contribution in [1.82, 2.24) is 5.32 Å². The molecule has 0 spiro atoms. The molecule has 0 aliphatic heterocycles. The van der Waals surface area contributed by atoms with E-state index in [1.54, 1.807) is 0 Å². The maximum atomic E-state index is 10.8. The van der Waals surface area contributed by atoms with Crippen LogP contribution in [0.25, 0.3) is 0 Å². The van der Waals surface area contributed by atoms with Gasteiger partial charge in [0.2, 0.25) is 5.91 Å². The minimum Gasteiger partial charge on any atom is -0.326 e. The lowest BCUT2D eigenvalue weighted by atomic mass is 10.2. The molecule has 1 aromatic rings. The van der Waals surface area contributed by atoms with Crippen molar-refractivity contribution in [3.63, 3.8) is 0 Å². The number of benzene rings is 1. The lowest BCUT2D eigenvalue weighted by Crippen LogP contribution is -2.12. The molecule has 76 valence electrons. The van der Waals surface area contributed by atoms with E-state index in [0.29, 0.717) is 0 Å². The SMILES string of the molecule is CCNCc1cccc(NC(C)=O)c1. The minimum atomic E-state index is -0.0365. The van der Waals surface area contributed by atoms with Crippen molar-refractivity contribution < 1.29 is 4.79 Å². The molecule has 0 aromatic heterocycles. The highest BCUT2D eigenvalue weighted by atomic mass is 16.1. The zero-order valence-corrected chi connectivity index (χ0v) is 8.63. The van der Waals surface area contributed by atoms with E-state index in [4.69, 9.17) is 0 Å². The molecule has 0 heterocycles. The summed E-state index contributed by atoms with van der Waals surface area (Å²) in [7, 11) is 0. The Morgan fingerprint density at radius 3 is 2.86 bits per heavy atom. The highest BCUT2D eigenvalue weighted by molar-refractivity contribution is 5.88. The van der Waals surface area contributed by atoms with E-state index in [0.717, 1.165) is 18.8 Å². The molecule has 1 amide bonds. The van der Waals surface area contributed by atoms with E-state index in [1.165, 1.54) is 12.5 Å². The van der Waals surface area contributed by atoms with Crippen molar-refractivity contribution in [3.8, 4) is 0 Å². The van der Waals surface area contributed by atoms with Crippen LogP contribution in [-0.4, -0.2) is 12.5 Å². The molecule has 0 saturated carbocycles. The summed E-state index contributed by atoms with van der Waals surface area (Å²) in [5.74, 6) is -0.0365. The van der Waals surface area contributed by atoms with Gasteiger partial charge in [-0.1, -0.05) is 19.1 Å². The van der Waals surface area contributed by atoms with Gasteiger partial charge in [-0.2, -0.15) is 0 Å². The Kier molecular flexibility index (Phi) is 4.13. The van der Waals surface area contributed by atoms with E-state index >= 15 is 0 Å². The first kappa shape index (κ1) is 10.7. The van der Waals surface area contributed by atoms with Gasteiger partial charge in [0.1, 0.15) is 0 Å².